The number of hydroxylamine groups is 1. The van der Waals surface area contributed by atoms with Crippen LogP contribution in [0.5, 0.6) is 11.5 Å². The van der Waals surface area contributed by atoms with E-state index < -0.39 is 18.0 Å². The summed E-state index contributed by atoms with van der Waals surface area (Å²) in [4.78, 5) is 29.1. The van der Waals surface area contributed by atoms with Gasteiger partial charge in [-0.1, -0.05) is 23.8 Å². The van der Waals surface area contributed by atoms with Crippen molar-refractivity contribution in [2.45, 2.75) is 57.6 Å². The Balaban J connectivity index is 2.21. The Morgan fingerprint density at radius 1 is 1.30 bits per heavy atom. The lowest BCUT2D eigenvalue weighted by atomic mass is 9.97. The second-order valence-corrected chi connectivity index (χ2v) is 7.53. The number of halogens is 1. The minimum Gasteiger partial charge on any atom is -0.507 e. The van der Waals surface area contributed by atoms with Gasteiger partial charge in [0.2, 0.25) is 0 Å². The van der Waals surface area contributed by atoms with Crippen molar-refractivity contribution in [2.24, 2.45) is 0 Å². The lowest BCUT2D eigenvalue weighted by Gasteiger charge is -2.20. The molecule has 0 saturated heterocycles. The summed E-state index contributed by atoms with van der Waals surface area (Å²) in [6, 6.07) is 0.987. The third-order valence-electron chi connectivity index (χ3n) is 4.80. The summed E-state index contributed by atoms with van der Waals surface area (Å²) in [7, 11) is 1.29. The van der Waals surface area contributed by atoms with Crippen LogP contribution in [0.1, 0.15) is 54.9 Å². The van der Waals surface area contributed by atoms with E-state index in [1.165, 1.54) is 7.11 Å². The van der Waals surface area contributed by atoms with Crippen molar-refractivity contribution in [3.8, 4) is 11.5 Å². The summed E-state index contributed by atoms with van der Waals surface area (Å²) in [5.74, 6) is -1.84. The first-order valence-electron chi connectivity index (χ1n) is 9.86. The number of nitrogens with one attached hydrogen (secondary N) is 1. The molecule has 8 nitrogen and oxygen atoms in total. The molecule has 0 saturated carbocycles. The van der Waals surface area contributed by atoms with Gasteiger partial charge in [0.1, 0.15) is 23.2 Å². The number of rotatable bonds is 4. The van der Waals surface area contributed by atoms with Gasteiger partial charge in [-0.3, -0.25) is 4.84 Å². The van der Waals surface area contributed by atoms with Gasteiger partial charge in [0.25, 0.3) is 0 Å². The molecule has 0 aliphatic carbocycles. The molecule has 0 bridgehead atoms. The van der Waals surface area contributed by atoms with Crippen LogP contribution >= 0.6 is 11.6 Å². The second kappa shape index (κ2) is 11.8. The number of hydrogen-bond donors (Lipinski definition) is 3. The molecule has 2 rings (SSSR count). The largest absolute Gasteiger partial charge is 0.507 e. The van der Waals surface area contributed by atoms with Gasteiger partial charge >= 0.3 is 11.9 Å². The summed E-state index contributed by atoms with van der Waals surface area (Å²) >= 11 is 6.24. The lowest BCUT2D eigenvalue weighted by Crippen LogP contribution is -2.31. The van der Waals surface area contributed by atoms with Gasteiger partial charge < -0.3 is 19.7 Å². The Morgan fingerprint density at radius 2 is 2.07 bits per heavy atom. The van der Waals surface area contributed by atoms with Crippen LogP contribution < -0.4 is 5.48 Å². The van der Waals surface area contributed by atoms with E-state index in [1.54, 1.807) is 6.92 Å². The minimum atomic E-state index is -0.682. The molecule has 166 valence electrons. The third-order valence-corrected chi connectivity index (χ3v) is 5.22. The molecule has 1 heterocycles. The lowest BCUT2D eigenvalue weighted by molar-refractivity contribution is -0.149. The van der Waals surface area contributed by atoms with Crippen LogP contribution in [0.25, 0.3) is 0 Å². The highest BCUT2D eigenvalue weighted by molar-refractivity contribution is 6.33. The van der Waals surface area contributed by atoms with Crippen molar-refractivity contribution >= 4 is 23.5 Å². The fourth-order valence-corrected chi connectivity index (χ4v) is 3.45. The van der Waals surface area contributed by atoms with E-state index >= 15 is 0 Å². The fourth-order valence-electron chi connectivity index (χ4n) is 3.20. The zero-order valence-corrected chi connectivity index (χ0v) is 17.9. The van der Waals surface area contributed by atoms with E-state index in [2.05, 4.69) is 10.2 Å². The van der Waals surface area contributed by atoms with Gasteiger partial charge in [-0.25, -0.2) is 9.59 Å². The number of phenols is 2. The number of carbonyl (C=O) groups excluding carboxylic acids is 2. The van der Waals surface area contributed by atoms with Gasteiger partial charge in [-0.2, -0.15) is 5.48 Å². The van der Waals surface area contributed by atoms with Crippen molar-refractivity contribution in [2.75, 3.05) is 13.7 Å². The normalized spacial score (nSPS) is 21.8. The third kappa shape index (κ3) is 6.90. The molecule has 3 N–H and O–H groups in total. The second-order valence-electron chi connectivity index (χ2n) is 7.15. The zero-order chi connectivity index (χ0) is 22.1. The fraction of sp³-hybridized carbons (Fsp3) is 0.524. The smallest absolute Gasteiger partial charge is 0.342 e. The maximum atomic E-state index is 12.6. The molecular formula is C21H28ClNO7. The van der Waals surface area contributed by atoms with Crippen LogP contribution in [0, 0.1) is 0 Å². The Hall–Kier alpha value is -2.29. The van der Waals surface area contributed by atoms with Gasteiger partial charge in [-0.05, 0) is 44.6 Å². The number of esters is 2. The number of fused-ring (bicyclic) bond motifs is 1. The van der Waals surface area contributed by atoms with Gasteiger partial charge in [-0.15, -0.1) is 0 Å². The van der Waals surface area contributed by atoms with Crippen LogP contribution in [0.2, 0.25) is 5.02 Å². The molecule has 1 aliphatic heterocycles. The van der Waals surface area contributed by atoms with Gasteiger partial charge in [0.15, 0.2) is 6.61 Å². The van der Waals surface area contributed by atoms with Crippen molar-refractivity contribution < 1.29 is 34.1 Å². The van der Waals surface area contributed by atoms with E-state index in [1.807, 2.05) is 12.2 Å². The molecule has 0 radical (unpaired) electrons. The van der Waals surface area contributed by atoms with Gasteiger partial charge in [0, 0.05) is 18.5 Å². The number of benzene rings is 1. The molecule has 0 spiro atoms. The SMILES string of the molecule is COC(=O)CONC1CC/C=C/CC(C)OC(=O)c2c(O)cc(O)c(Cl)c2CCC1. The zero-order valence-electron chi connectivity index (χ0n) is 17.2. The highest BCUT2D eigenvalue weighted by Gasteiger charge is 2.25. The van der Waals surface area contributed by atoms with E-state index in [0.29, 0.717) is 31.2 Å². The van der Waals surface area contributed by atoms with Crippen LogP contribution in [-0.2, 0) is 25.5 Å². The first kappa shape index (κ1) is 24.0. The van der Waals surface area contributed by atoms with Crippen molar-refractivity contribution in [3.05, 3.63) is 34.4 Å². The van der Waals surface area contributed by atoms with Gasteiger partial charge in [0.05, 0.1) is 12.1 Å². The topological polar surface area (TPSA) is 114 Å². The van der Waals surface area contributed by atoms with E-state index in [-0.39, 0.29) is 34.7 Å². The molecule has 1 aromatic carbocycles. The number of phenolic OH excluding ortho intramolecular Hbond substituents is 2. The predicted molar refractivity (Wildman–Crippen MR) is 110 cm³/mol. The Morgan fingerprint density at radius 3 is 2.80 bits per heavy atom. The summed E-state index contributed by atoms with van der Waals surface area (Å²) in [6.45, 7) is 1.56. The summed E-state index contributed by atoms with van der Waals surface area (Å²) < 4.78 is 9.99. The quantitative estimate of drug-likeness (QED) is 0.370. The maximum Gasteiger partial charge on any atom is 0.342 e. The van der Waals surface area contributed by atoms with E-state index in [4.69, 9.17) is 21.2 Å². The van der Waals surface area contributed by atoms with Crippen molar-refractivity contribution in [1.29, 1.82) is 0 Å². The number of aromatic hydroxyl groups is 2. The number of cyclic esters (lactones) is 1. The molecule has 0 fully saturated rings. The predicted octanol–water partition coefficient (Wildman–Crippen LogP) is 3.42. The number of ether oxygens (including phenoxy) is 2. The molecule has 9 heteroatoms. The van der Waals surface area contributed by atoms with Crippen molar-refractivity contribution in [1.82, 2.24) is 5.48 Å². The maximum absolute atomic E-state index is 12.6. The monoisotopic (exact) mass is 441 g/mol. The highest BCUT2D eigenvalue weighted by Crippen LogP contribution is 2.37. The number of allylic oxidation sites excluding steroid dienone is 1. The first-order chi connectivity index (χ1) is 14.3. The minimum absolute atomic E-state index is 0.0193. The highest BCUT2D eigenvalue weighted by atomic mass is 35.5. The average molecular weight is 442 g/mol. The molecular weight excluding hydrogens is 414 g/mol. The number of methoxy groups -OCH3 is 1. The van der Waals surface area contributed by atoms with Crippen LogP contribution in [0.15, 0.2) is 18.2 Å². The summed E-state index contributed by atoms with van der Waals surface area (Å²) in [5, 5.41) is 20.3. The summed E-state index contributed by atoms with van der Waals surface area (Å²) in [5.41, 5.74) is 3.20. The van der Waals surface area contributed by atoms with E-state index in [0.717, 1.165) is 18.9 Å². The molecule has 0 aromatic heterocycles. The average Bonchev–Trinajstić information content (AvgIpc) is 2.69. The summed E-state index contributed by atoms with van der Waals surface area (Å²) in [6.07, 6.45) is 7.17. The Kier molecular flexibility index (Phi) is 9.42. The van der Waals surface area contributed by atoms with Crippen molar-refractivity contribution in [3.63, 3.8) is 0 Å². The van der Waals surface area contributed by atoms with Crippen LogP contribution in [-0.4, -0.2) is 48.0 Å². The molecule has 0 amide bonds. The van der Waals surface area contributed by atoms with Crippen LogP contribution in [0.3, 0.4) is 0 Å². The Bertz CT molecular complexity index is 781. The molecule has 1 aliphatic rings. The molecule has 30 heavy (non-hydrogen) atoms. The van der Waals surface area contributed by atoms with Crippen LogP contribution in [0.4, 0.5) is 0 Å². The number of carbonyl (C=O) groups is 2. The molecule has 2 unspecified atom stereocenters. The molecule has 2 atom stereocenters. The Labute approximate surface area is 180 Å². The molecule has 1 aromatic rings. The number of hydrogen-bond acceptors (Lipinski definition) is 8. The first-order valence-corrected chi connectivity index (χ1v) is 10.2. The standard InChI is InChI=1S/C21H28ClNO7/c1-13-7-4-3-5-8-14(23-29-12-18(26)28-2)9-6-10-15-19(21(27)30-13)16(24)11-17(25)20(15)22/h3-4,11,13-14,23-25H,5-10,12H2,1-2H3/b4-3+. The van der Waals surface area contributed by atoms with E-state index in [9.17, 15) is 19.8 Å².